The first-order valence-electron chi connectivity index (χ1n) is 8.13. The minimum absolute atomic E-state index is 0.382. The first-order valence-corrected chi connectivity index (χ1v) is 8.13. The molecule has 1 fully saturated rings. The van der Waals surface area contributed by atoms with Gasteiger partial charge in [-0.2, -0.15) is 0 Å². The van der Waals surface area contributed by atoms with Gasteiger partial charge in [-0.05, 0) is 32.7 Å². The van der Waals surface area contributed by atoms with Crippen molar-refractivity contribution in [2.45, 2.75) is 52.7 Å². The average Bonchev–Trinajstić information content (AvgIpc) is 2.96. The van der Waals surface area contributed by atoms with Crippen LogP contribution in [0.15, 0.2) is 6.07 Å². The van der Waals surface area contributed by atoms with E-state index in [1.807, 2.05) is 13.0 Å². The molecule has 0 saturated carbocycles. The third-order valence-corrected chi connectivity index (χ3v) is 3.75. The Morgan fingerprint density at radius 1 is 1.38 bits per heavy atom. The topological polar surface area (TPSA) is 50.3 Å². The molecule has 0 bridgehead atoms. The van der Waals surface area contributed by atoms with Crippen LogP contribution in [0, 0.1) is 6.92 Å². The number of likely N-dealkylation sites (N-methyl/N-ethyl adjacent to an activating group) is 1. The van der Waals surface area contributed by atoms with Crippen molar-refractivity contribution in [1.29, 1.82) is 0 Å². The molecule has 21 heavy (non-hydrogen) atoms. The zero-order valence-electron chi connectivity index (χ0n) is 13.6. The number of nitrogens with zero attached hydrogens (tertiary/aromatic N) is 3. The van der Waals surface area contributed by atoms with E-state index in [0.717, 1.165) is 56.5 Å². The number of hydrogen-bond donors (Lipinski definition) is 1. The van der Waals surface area contributed by atoms with E-state index < -0.39 is 0 Å². The molecule has 118 valence electrons. The van der Waals surface area contributed by atoms with Crippen LogP contribution in [0.3, 0.4) is 0 Å². The van der Waals surface area contributed by atoms with Crippen LogP contribution in [0.1, 0.15) is 44.6 Å². The van der Waals surface area contributed by atoms with Crippen LogP contribution < -0.4 is 5.32 Å². The fourth-order valence-electron chi connectivity index (χ4n) is 2.63. The molecule has 1 unspecified atom stereocenters. The number of anilines is 1. The summed E-state index contributed by atoms with van der Waals surface area (Å²) >= 11 is 0. The van der Waals surface area contributed by atoms with Gasteiger partial charge in [0, 0.05) is 31.5 Å². The van der Waals surface area contributed by atoms with Crippen LogP contribution in [-0.4, -0.2) is 47.2 Å². The summed E-state index contributed by atoms with van der Waals surface area (Å²) < 4.78 is 5.73. The molecule has 0 aromatic carbocycles. The van der Waals surface area contributed by atoms with Gasteiger partial charge in [0.25, 0.3) is 0 Å². The molecule has 5 nitrogen and oxygen atoms in total. The SMILES string of the molecule is CCCNc1cc(C)nc(CN(CC)CC2CCCO2)n1. The number of hydrogen-bond acceptors (Lipinski definition) is 5. The van der Waals surface area contributed by atoms with Crippen molar-refractivity contribution in [3.63, 3.8) is 0 Å². The Labute approximate surface area is 128 Å². The molecular formula is C16H28N4O. The Balaban J connectivity index is 1.96. The van der Waals surface area contributed by atoms with E-state index in [4.69, 9.17) is 4.74 Å². The van der Waals surface area contributed by atoms with E-state index in [9.17, 15) is 0 Å². The number of ether oxygens (including phenoxy) is 1. The molecule has 2 heterocycles. The lowest BCUT2D eigenvalue weighted by atomic mass is 10.2. The highest BCUT2D eigenvalue weighted by molar-refractivity contribution is 5.35. The molecule has 1 atom stereocenters. The molecule has 1 aliphatic heterocycles. The maximum absolute atomic E-state index is 5.73. The van der Waals surface area contributed by atoms with E-state index in [0.29, 0.717) is 6.10 Å². The van der Waals surface area contributed by atoms with Crippen LogP contribution in [-0.2, 0) is 11.3 Å². The fraction of sp³-hybridized carbons (Fsp3) is 0.750. The Morgan fingerprint density at radius 3 is 2.90 bits per heavy atom. The van der Waals surface area contributed by atoms with Crippen molar-refractivity contribution in [2.75, 3.05) is 31.6 Å². The first-order chi connectivity index (χ1) is 10.2. The van der Waals surface area contributed by atoms with Crippen molar-refractivity contribution in [3.05, 3.63) is 17.6 Å². The minimum Gasteiger partial charge on any atom is -0.377 e. The van der Waals surface area contributed by atoms with Crippen LogP contribution in [0.2, 0.25) is 0 Å². The van der Waals surface area contributed by atoms with E-state index in [-0.39, 0.29) is 0 Å². The fourth-order valence-corrected chi connectivity index (χ4v) is 2.63. The van der Waals surface area contributed by atoms with Gasteiger partial charge in [-0.3, -0.25) is 4.90 Å². The zero-order chi connectivity index (χ0) is 15.1. The Morgan fingerprint density at radius 2 is 2.24 bits per heavy atom. The Kier molecular flexibility index (Phi) is 6.39. The number of rotatable bonds is 8. The summed E-state index contributed by atoms with van der Waals surface area (Å²) in [6.45, 7) is 11.0. The smallest absolute Gasteiger partial charge is 0.144 e. The standard InChI is InChI=1S/C16H28N4O/c1-4-8-17-15-10-13(3)18-16(19-15)12-20(5-2)11-14-7-6-9-21-14/h10,14H,4-9,11-12H2,1-3H3,(H,17,18,19). The second-order valence-corrected chi connectivity index (χ2v) is 5.70. The molecule has 0 aliphatic carbocycles. The summed E-state index contributed by atoms with van der Waals surface area (Å²) in [5, 5.41) is 3.35. The molecule has 1 saturated heterocycles. The molecule has 0 amide bonds. The molecule has 2 rings (SSSR count). The summed E-state index contributed by atoms with van der Waals surface area (Å²) in [5.41, 5.74) is 1.02. The predicted octanol–water partition coefficient (Wildman–Crippen LogP) is 2.61. The summed E-state index contributed by atoms with van der Waals surface area (Å²) in [6, 6.07) is 2.01. The van der Waals surface area contributed by atoms with Gasteiger partial charge in [-0.25, -0.2) is 9.97 Å². The molecule has 0 radical (unpaired) electrons. The Bertz CT molecular complexity index is 432. The summed E-state index contributed by atoms with van der Waals surface area (Å²) in [6.07, 6.45) is 3.84. The first kappa shape index (κ1) is 16.2. The predicted molar refractivity (Wildman–Crippen MR) is 85.5 cm³/mol. The van der Waals surface area contributed by atoms with Crippen molar-refractivity contribution in [1.82, 2.24) is 14.9 Å². The summed E-state index contributed by atoms with van der Waals surface area (Å²) in [7, 11) is 0. The summed E-state index contributed by atoms with van der Waals surface area (Å²) in [5.74, 6) is 1.83. The van der Waals surface area contributed by atoms with Crippen LogP contribution in [0.5, 0.6) is 0 Å². The lowest BCUT2D eigenvalue weighted by molar-refractivity contribution is 0.0716. The van der Waals surface area contributed by atoms with Crippen LogP contribution in [0.4, 0.5) is 5.82 Å². The largest absolute Gasteiger partial charge is 0.377 e. The van der Waals surface area contributed by atoms with E-state index in [1.165, 1.54) is 12.8 Å². The maximum Gasteiger partial charge on any atom is 0.144 e. The molecule has 1 aromatic heterocycles. The number of aryl methyl sites for hydroxylation is 1. The van der Waals surface area contributed by atoms with Gasteiger partial charge in [0.05, 0.1) is 12.6 Å². The monoisotopic (exact) mass is 292 g/mol. The quantitative estimate of drug-likeness (QED) is 0.798. The van der Waals surface area contributed by atoms with E-state index in [1.54, 1.807) is 0 Å². The van der Waals surface area contributed by atoms with Gasteiger partial charge in [-0.15, -0.1) is 0 Å². The van der Waals surface area contributed by atoms with Gasteiger partial charge < -0.3 is 10.1 Å². The van der Waals surface area contributed by atoms with Gasteiger partial charge in [0.2, 0.25) is 0 Å². The number of nitrogens with one attached hydrogen (secondary N) is 1. The third-order valence-electron chi connectivity index (χ3n) is 3.75. The molecule has 0 spiro atoms. The normalized spacial score (nSPS) is 18.4. The second-order valence-electron chi connectivity index (χ2n) is 5.70. The van der Waals surface area contributed by atoms with Gasteiger partial charge >= 0.3 is 0 Å². The molecule has 1 aromatic rings. The highest BCUT2D eigenvalue weighted by Gasteiger charge is 2.19. The Hall–Kier alpha value is -1.20. The molecular weight excluding hydrogens is 264 g/mol. The van der Waals surface area contributed by atoms with Crippen molar-refractivity contribution in [3.8, 4) is 0 Å². The van der Waals surface area contributed by atoms with Gasteiger partial charge in [0.15, 0.2) is 0 Å². The van der Waals surface area contributed by atoms with Crippen molar-refractivity contribution >= 4 is 5.82 Å². The van der Waals surface area contributed by atoms with Crippen LogP contribution in [0.25, 0.3) is 0 Å². The zero-order valence-corrected chi connectivity index (χ0v) is 13.6. The van der Waals surface area contributed by atoms with Crippen molar-refractivity contribution in [2.24, 2.45) is 0 Å². The molecule has 1 aliphatic rings. The average molecular weight is 292 g/mol. The maximum atomic E-state index is 5.73. The highest BCUT2D eigenvalue weighted by Crippen LogP contribution is 2.15. The highest BCUT2D eigenvalue weighted by atomic mass is 16.5. The van der Waals surface area contributed by atoms with Crippen molar-refractivity contribution < 1.29 is 4.74 Å². The van der Waals surface area contributed by atoms with E-state index >= 15 is 0 Å². The number of aromatic nitrogens is 2. The molecule has 1 N–H and O–H groups in total. The van der Waals surface area contributed by atoms with Crippen LogP contribution >= 0.6 is 0 Å². The lowest BCUT2D eigenvalue weighted by Crippen LogP contribution is -2.32. The summed E-state index contributed by atoms with van der Waals surface area (Å²) in [4.78, 5) is 11.6. The molecule has 5 heteroatoms. The van der Waals surface area contributed by atoms with Gasteiger partial charge in [0.1, 0.15) is 11.6 Å². The second kappa shape index (κ2) is 8.29. The minimum atomic E-state index is 0.382. The third kappa shape index (κ3) is 5.25. The lowest BCUT2D eigenvalue weighted by Gasteiger charge is -2.23. The van der Waals surface area contributed by atoms with Gasteiger partial charge in [-0.1, -0.05) is 13.8 Å². The van der Waals surface area contributed by atoms with E-state index in [2.05, 4.69) is 34.0 Å².